The summed E-state index contributed by atoms with van der Waals surface area (Å²) in [5.74, 6) is -0.233. The third-order valence-corrected chi connectivity index (χ3v) is 7.80. The van der Waals surface area contributed by atoms with Crippen LogP contribution in [0.15, 0.2) is 61.1 Å². The highest BCUT2D eigenvalue weighted by atomic mass is 16.3. The molecule has 1 amide bonds. The zero-order chi connectivity index (χ0) is 25.5. The van der Waals surface area contributed by atoms with Crippen LogP contribution in [-0.2, 0) is 6.54 Å². The van der Waals surface area contributed by atoms with Crippen LogP contribution in [0, 0.1) is 11.3 Å². The van der Waals surface area contributed by atoms with Gasteiger partial charge in [-0.1, -0.05) is 6.07 Å². The number of aliphatic hydroxyl groups is 1. The lowest BCUT2D eigenvalue weighted by atomic mass is 9.63. The summed E-state index contributed by atoms with van der Waals surface area (Å²) in [6.45, 7) is 0.313. The number of nitrogens with one attached hydrogen (secondary N) is 2. The number of carbonyl (C=O) groups excluding carboxylic acids is 1. The first kappa shape index (κ1) is 23.1. The highest BCUT2D eigenvalue weighted by Gasteiger charge is 2.48. The Balaban J connectivity index is 1.35. The molecule has 9 nitrogen and oxygen atoms in total. The highest BCUT2D eigenvalue weighted by molar-refractivity contribution is 6.00. The third-order valence-electron chi connectivity index (χ3n) is 7.80. The van der Waals surface area contributed by atoms with Crippen LogP contribution in [0.3, 0.4) is 0 Å². The molecule has 4 aromatic rings. The molecule has 0 aromatic carbocycles. The molecule has 0 aliphatic heterocycles. The van der Waals surface area contributed by atoms with Crippen molar-refractivity contribution in [1.29, 1.82) is 5.26 Å². The van der Waals surface area contributed by atoms with Crippen LogP contribution < -0.4 is 10.6 Å². The molecule has 0 saturated heterocycles. The molecule has 3 aliphatic carbocycles. The van der Waals surface area contributed by atoms with Crippen LogP contribution in [0.5, 0.6) is 0 Å². The zero-order valence-electron chi connectivity index (χ0n) is 20.3. The molecule has 9 heteroatoms. The lowest BCUT2D eigenvalue weighted by Gasteiger charge is -2.51. The van der Waals surface area contributed by atoms with Crippen molar-refractivity contribution in [2.24, 2.45) is 0 Å². The molecule has 3 aliphatic rings. The molecule has 4 heterocycles. The van der Waals surface area contributed by atoms with Crippen molar-refractivity contribution < 1.29 is 9.90 Å². The molecule has 7 rings (SSSR count). The number of amides is 1. The van der Waals surface area contributed by atoms with Crippen molar-refractivity contribution in [2.45, 2.75) is 56.2 Å². The van der Waals surface area contributed by atoms with Crippen LogP contribution in [0.4, 0.5) is 5.69 Å². The Morgan fingerprint density at radius 3 is 2.59 bits per heavy atom. The van der Waals surface area contributed by atoms with Crippen LogP contribution in [-0.4, -0.2) is 41.7 Å². The monoisotopic (exact) mass is 493 g/mol. The van der Waals surface area contributed by atoms with Gasteiger partial charge in [0.25, 0.3) is 5.91 Å². The standard InChI is InChI=1S/C28H27N7O2/c29-15-19-13-21-4-5-25(35(21)33-16-19)24-14-23(34-27-6-9-28(37,10-7-27)11-8-27)22(18-31-24)26(36)32-17-20-3-1-2-12-30-20/h1-5,12-14,16,18,37H,6-11,17H2,(H,31,34)(H,32,36). The number of anilines is 1. The summed E-state index contributed by atoms with van der Waals surface area (Å²) in [6.07, 6.45) is 9.65. The minimum atomic E-state index is -0.547. The number of nitrogens with zero attached hydrogens (tertiary/aromatic N) is 5. The summed E-state index contributed by atoms with van der Waals surface area (Å²) < 4.78 is 1.74. The quantitative estimate of drug-likeness (QED) is 0.372. The Bertz CT molecular complexity index is 1500. The van der Waals surface area contributed by atoms with Crippen LogP contribution >= 0.6 is 0 Å². The molecule has 3 fully saturated rings. The Morgan fingerprint density at radius 2 is 1.86 bits per heavy atom. The Kier molecular flexibility index (Phi) is 5.61. The van der Waals surface area contributed by atoms with Crippen LogP contribution in [0.1, 0.15) is 60.1 Å². The van der Waals surface area contributed by atoms with E-state index in [0.29, 0.717) is 29.1 Å². The van der Waals surface area contributed by atoms with Gasteiger partial charge in [0, 0.05) is 17.9 Å². The van der Waals surface area contributed by atoms with Gasteiger partial charge in [-0.3, -0.25) is 14.8 Å². The molecular weight excluding hydrogens is 466 g/mol. The summed E-state index contributed by atoms with van der Waals surface area (Å²) in [7, 11) is 0. The van der Waals surface area contributed by atoms with E-state index in [0.717, 1.165) is 55.4 Å². The fourth-order valence-electron chi connectivity index (χ4n) is 5.54. The lowest BCUT2D eigenvalue weighted by Crippen LogP contribution is -2.54. The van der Waals surface area contributed by atoms with E-state index in [1.54, 1.807) is 23.0 Å². The van der Waals surface area contributed by atoms with Crippen molar-refractivity contribution >= 4 is 17.1 Å². The summed E-state index contributed by atoms with van der Waals surface area (Å²) in [6, 6.07) is 15.2. The van der Waals surface area contributed by atoms with Gasteiger partial charge in [0.05, 0.1) is 57.8 Å². The van der Waals surface area contributed by atoms with Crippen molar-refractivity contribution in [3.05, 3.63) is 77.9 Å². The number of pyridine rings is 2. The molecule has 3 N–H and O–H groups in total. The maximum atomic E-state index is 13.3. The average Bonchev–Trinajstić information content (AvgIpc) is 3.36. The van der Waals surface area contributed by atoms with E-state index in [2.05, 4.69) is 31.8 Å². The van der Waals surface area contributed by atoms with E-state index < -0.39 is 5.60 Å². The number of hydrogen-bond acceptors (Lipinski definition) is 7. The normalized spacial score (nSPS) is 22.5. The second kappa shape index (κ2) is 8.98. The van der Waals surface area contributed by atoms with Gasteiger partial charge in [-0.25, -0.2) is 4.52 Å². The molecule has 0 spiro atoms. The van der Waals surface area contributed by atoms with E-state index in [1.807, 2.05) is 36.4 Å². The minimum Gasteiger partial charge on any atom is -0.390 e. The third kappa shape index (κ3) is 4.41. The molecule has 4 aromatic heterocycles. The first-order valence-corrected chi connectivity index (χ1v) is 12.5. The van der Waals surface area contributed by atoms with Gasteiger partial charge in [0.2, 0.25) is 0 Å². The number of nitriles is 1. The van der Waals surface area contributed by atoms with Crippen molar-refractivity contribution in [2.75, 3.05) is 5.32 Å². The van der Waals surface area contributed by atoms with Gasteiger partial charge in [-0.05, 0) is 74.9 Å². The van der Waals surface area contributed by atoms with Gasteiger partial charge in [0.1, 0.15) is 6.07 Å². The van der Waals surface area contributed by atoms with Gasteiger partial charge < -0.3 is 15.7 Å². The predicted octanol–water partition coefficient (Wildman–Crippen LogP) is 3.84. The smallest absolute Gasteiger partial charge is 0.255 e. The Morgan fingerprint density at radius 1 is 1.05 bits per heavy atom. The average molecular weight is 494 g/mol. The van der Waals surface area contributed by atoms with Crippen LogP contribution in [0.25, 0.3) is 16.9 Å². The number of rotatable bonds is 6. The molecule has 0 radical (unpaired) electrons. The predicted molar refractivity (Wildman–Crippen MR) is 138 cm³/mol. The molecule has 3 saturated carbocycles. The fraction of sp³-hybridized carbons (Fsp3) is 0.321. The van der Waals surface area contributed by atoms with E-state index >= 15 is 0 Å². The van der Waals surface area contributed by atoms with Crippen molar-refractivity contribution in [1.82, 2.24) is 24.9 Å². The Labute approximate surface area is 214 Å². The molecule has 0 unspecified atom stereocenters. The maximum Gasteiger partial charge on any atom is 0.255 e. The van der Waals surface area contributed by atoms with Crippen LogP contribution in [0.2, 0.25) is 0 Å². The highest BCUT2D eigenvalue weighted by Crippen LogP contribution is 2.48. The minimum absolute atomic E-state index is 0.166. The summed E-state index contributed by atoms with van der Waals surface area (Å²) >= 11 is 0. The number of carbonyl (C=O) groups is 1. The number of hydrogen-bond donors (Lipinski definition) is 3. The Hall–Kier alpha value is -4.29. The second-order valence-electron chi connectivity index (χ2n) is 10.2. The van der Waals surface area contributed by atoms with Gasteiger partial charge in [0.15, 0.2) is 0 Å². The summed E-state index contributed by atoms with van der Waals surface area (Å²) in [5.41, 5.74) is 3.94. The van der Waals surface area contributed by atoms with E-state index in [4.69, 9.17) is 0 Å². The number of fused-ring (bicyclic) bond motifs is 4. The van der Waals surface area contributed by atoms with Crippen molar-refractivity contribution in [3.8, 4) is 17.5 Å². The molecule has 37 heavy (non-hydrogen) atoms. The second-order valence-corrected chi connectivity index (χ2v) is 10.2. The molecule has 2 bridgehead atoms. The topological polar surface area (TPSA) is 128 Å². The van der Waals surface area contributed by atoms with Gasteiger partial charge in [-0.15, -0.1) is 0 Å². The molecule has 0 atom stereocenters. The SMILES string of the molecule is N#Cc1cnn2c(-c3cc(NC45CCC(O)(CC4)CC5)c(C(=O)NCc4ccccn4)cn3)ccc2c1. The zero-order valence-corrected chi connectivity index (χ0v) is 20.3. The van der Waals surface area contributed by atoms with E-state index in [1.165, 1.54) is 6.20 Å². The number of aromatic nitrogens is 4. The molecular formula is C28H27N7O2. The fourth-order valence-corrected chi connectivity index (χ4v) is 5.54. The first-order chi connectivity index (χ1) is 18.0. The van der Waals surface area contributed by atoms with E-state index in [9.17, 15) is 15.2 Å². The van der Waals surface area contributed by atoms with Gasteiger partial charge >= 0.3 is 0 Å². The van der Waals surface area contributed by atoms with Gasteiger partial charge in [-0.2, -0.15) is 10.4 Å². The van der Waals surface area contributed by atoms with Crippen molar-refractivity contribution in [3.63, 3.8) is 0 Å². The van der Waals surface area contributed by atoms with E-state index in [-0.39, 0.29) is 11.4 Å². The summed E-state index contributed by atoms with van der Waals surface area (Å²) in [5, 5.41) is 31.0. The molecule has 186 valence electrons. The summed E-state index contributed by atoms with van der Waals surface area (Å²) in [4.78, 5) is 22.2. The largest absolute Gasteiger partial charge is 0.390 e. The lowest BCUT2D eigenvalue weighted by molar-refractivity contribution is -0.0580. The first-order valence-electron chi connectivity index (χ1n) is 12.5. The maximum absolute atomic E-state index is 13.3.